The molecule has 0 saturated heterocycles. The Bertz CT molecular complexity index is 1120. The Morgan fingerprint density at radius 3 is 2.70 bits per heavy atom. The van der Waals surface area contributed by atoms with Crippen molar-refractivity contribution in [1.29, 1.82) is 0 Å². The maximum atomic E-state index is 12.9. The molecule has 4 heteroatoms. The van der Waals surface area contributed by atoms with E-state index in [0.717, 1.165) is 35.2 Å². The number of H-pyrrole nitrogens is 1. The minimum absolute atomic E-state index is 0.0963. The Morgan fingerprint density at radius 1 is 1.00 bits per heavy atom. The maximum absolute atomic E-state index is 12.9. The quantitative estimate of drug-likeness (QED) is 0.580. The summed E-state index contributed by atoms with van der Waals surface area (Å²) in [6.07, 6.45) is 4.52. The largest absolute Gasteiger partial charge is 0.358 e. The van der Waals surface area contributed by atoms with Gasteiger partial charge in [-0.25, -0.2) is 0 Å². The number of carbonyl (C=O) groups excluding carboxylic acids is 1. The average molecular weight is 353 g/mol. The van der Waals surface area contributed by atoms with Crippen LogP contribution in [0.2, 0.25) is 0 Å². The summed E-state index contributed by atoms with van der Waals surface area (Å²) in [5.74, 6) is 0.0963. The molecule has 0 radical (unpaired) electrons. The summed E-state index contributed by atoms with van der Waals surface area (Å²) < 4.78 is 0. The summed E-state index contributed by atoms with van der Waals surface area (Å²) in [6, 6.07) is 20.0. The molecule has 0 aliphatic carbocycles. The SMILES string of the molecule is O=C(c1ccccc1)N1CCc2[nH]c3ccc(-c4cccnc4)cc3c2C1. The lowest BCUT2D eigenvalue weighted by molar-refractivity contribution is 0.0735. The van der Waals surface area contributed by atoms with E-state index in [1.54, 1.807) is 6.20 Å². The Labute approximate surface area is 157 Å². The number of hydrogen-bond acceptors (Lipinski definition) is 2. The molecule has 5 rings (SSSR count). The first kappa shape index (κ1) is 15.8. The Hall–Kier alpha value is -3.40. The molecule has 0 bridgehead atoms. The second-order valence-corrected chi connectivity index (χ2v) is 6.93. The number of aromatic amines is 1. The van der Waals surface area contributed by atoms with E-state index in [2.05, 4.69) is 34.2 Å². The minimum Gasteiger partial charge on any atom is -0.358 e. The molecule has 0 unspecified atom stereocenters. The van der Waals surface area contributed by atoms with Gasteiger partial charge in [0.2, 0.25) is 0 Å². The van der Waals surface area contributed by atoms with E-state index in [0.29, 0.717) is 6.54 Å². The van der Waals surface area contributed by atoms with E-state index in [1.165, 1.54) is 16.6 Å². The lowest BCUT2D eigenvalue weighted by atomic mass is 10.0. The van der Waals surface area contributed by atoms with Crippen LogP contribution in [0.5, 0.6) is 0 Å². The number of hydrogen-bond donors (Lipinski definition) is 1. The molecule has 1 aliphatic rings. The highest BCUT2D eigenvalue weighted by atomic mass is 16.2. The molecule has 0 fully saturated rings. The smallest absolute Gasteiger partial charge is 0.254 e. The Balaban J connectivity index is 1.52. The third-order valence-electron chi connectivity index (χ3n) is 5.28. The highest BCUT2D eigenvalue weighted by molar-refractivity contribution is 5.95. The molecule has 0 atom stereocenters. The zero-order chi connectivity index (χ0) is 18.2. The second-order valence-electron chi connectivity index (χ2n) is 6.93. The van der Waals surface area contributed by atoms with Crippen molar-refractivity contribution in [2.24, 2.45) is 0 Å². The summed E-state index contributed by atoms with van der Waals surface area (Å²) in [5.41, 5.74) is 6.58. The third kappa shape index (κ3) is 2.79. The lowest BCUT2D eigenvalue weighted by Crippen LogP contribution is -2.35. The van der Waals surface area contributed by atoms with Crippen molar-refractivity contribution in [2.45, 2.75) is 13.0 Å². The van der Waals surface area contributed by atoms with E-state index in [9.17, 15) is 4.79 Å². The molecule has 0 saturated carbocycles. The maximum Gasteiger partial charge on any atom is 0.254 e. The predicted molar refractivity (Wildman–Crippen MR) is 106 cm³/mol. The number of carbonyl (C=O) groups is 1. The van der Waals surface area contributed by atoms with Crippen molar-refractivity contribution >= 4 is 16.8 Å². The van der Waals surface area contributed by atoms with Crippen LogP contribution < -0.4 is 0 Å². The van der Waals surface area contributed by atoms with Crippen LogP contribution in [0.3, 0.4) is 0 Å². The fraction of sp³-hybridized carbons (Fsp3) is 0.130. The van der Waals surface area contributed by atoms with Crippen molar-refractivity contribution < 1.29 is 4.79 Å². The fourth-order valence-corrected chi connectivity index (χ4v) is 3.86. The number of aromatic nitrogens is 2. The molecule has 4 nitrogen and oxygen atoms in total. The van der Waals surface area contributed by atoms with Gasteiger partial charge in [0.1, 0.15) is 0 Å². The first-order valence-corrected chi connectivity index (χ1v) is 9.18. The van der Waals surface area contributed by atoms with Crippen LogP contribution >= 0.6 is 0 Å². The number of pyridine rings is 1. The van der Waals surface area contributed by atoms with Gasteiger partial charge in [-0.2, -0.15) is 0 Å². The van der Waals surface area contributed by atoms with Crippen molar-refractivity contribution in [1.82, 2.24) is 14.9 Å². The summed E-state index contributed by atoms with van der Waals surface area (Å²) in [6.45, 7) is 1.38. The first-order chi connectivity index (χ1) is 13.3. The Morgan fingerprint density at radius 2 is 1.89 bits per heavy atom. The molecule has 4 aromatic rings. The van der Waals surface area contributed by atoms with Crippen LogP contribution in [0, 0.1) is 0 Å². The fourth-order valence-electron chi connectivity index (χ4n) is 3.86. The number of nitrogens with zero attached hydrogens (tertiary/aromatic N) is 2. The molecular weight excluding hydrogens is 334 g/mol. The average Bonchev–Trinajstić information content (AvgIpc) is 3.11. The molecule has 3 heterocycles. The van der Waals surface area contributed by atoms with Crippen molar-refractivity contribution in [3.63, 3.8) is 0 Å². The standard InChI is InChI=1S/C23H19N3O/c27-23(16-5-2-1-3-6-16)26-12-10-22-20(15-26)19-13-17(8-9-21(19)25-22)18-7-4-11-24-14-18/h1-9,11,13-14,25H,10,12,15H2. The molecule has 0 spiro atoms. The monoisotopic (exact) mass is 353 g/mol. The van der Waals surface area contributed by atoms with E-state index < -0.39 is 0 Å². The number of nitrogens with one attached hydrogen (secondary N) is 1. The number of benzene rings is 2. The van der Waals surface area contributed by atoms with E-state index in [-0.39, 0.29) is 5.91 Å². The van der Waals surface area contributed by atoms with Gasteiger partial charge in [-0.1, -0.05) is 30.3 Å². The topological polar surface area (TPSA) is 49.0 Å². The van der Waals surface area contributed by atoms with Gasteiger partial charge in [-0.05, 0) is 35.9 Å². The molecule has 2 aromatic carbocycles. The van der Waals surface area contributed by atoms with Crippen LogP contribution in [0.25, 0.3) is 22.0 Å². The van der Waals surface area contributed by atoms with E-state index in [4.69, 9.17) is 0 Å². The lowest BCUT2D eigenvalue weighted by Gasteiger charge is -2.27. The van der Waals surface area contributed by atoms with E-state index in [1.807, 2.05) is 47.5 Å². The van der Waals surface area contributed by atoms with Crippen LogP contribution in [0.15, 0.2) is 73.1 Å². The summed E-state index contributed by atoms with van der Waals surface area (Å²) >= 11 is 0. The molecule has 27 heavy (non-hydrogen) atoms. The van der Waals surface area contributed by atoms with Crippen molar-refractivity contribution in [3.8, 4) is 11.1 Å². The van der Waals surface area contributed by atoms with Crippen LogP contribution in [-0.2, 0) is 13.0 Å². The van der Waals surface area contributed by atoms with Gasteiger partial charge in [0.05, 0.1) is 0 Å². The number of fused-ring (bicyclic) bond motifs is 3. The molecule has 1 N–H and O–H groups in total. The van der Waals surface area contributed by atoms with Gasteiger partial charge in [-0.15, -0.1) is 0 Å². The van der Waals surface area contributed by atoms with Gasteiger partial charge < -0.3 is 9.88 Å². The summed E-state index contributed by atoms with van der Waals surface area (Å²) in [4.78, 5) is 22.6. The second kappa shape index (κ2) is 6.40. The molecule has 1 amide bonds. The number of amides is 1. The first-order valence-electron chi connectivity index (χ1n) is 9.18. The van der Waals surface area contributed by atoms with Crippen LogP contribution in [0.4, 0.5) is 0 Å². The van der Waals surface area contributed by atoms with E-state index >= 15 is 0 Å². The number of rotatable bonds is 2. The molecular formula is C23H19N3O. The highest BCUT2D eigenvalue weighted by Gasteiger charge is 2.24. The van der Waals surface area contributed by atoms with Crippen molar-refractivity contribution in [3.05, 3.63) is 89.9 Å². The summed E-state index contributed by atoms with van der Waals surface area (Å²) in [5, 5.41) is 1.19. The zero-order valence-corrected chi connectivity index (χ0v) is 14.9. The van der Waals surface area contributed by atoms with Gasteiger partial charge in [-0.3, -0.25) is 9.78 Å². The summed E-state index contributed by atoms with van der Waals surface area (Å²) in [7, 11) is 0. The zero-order valence-electron chi connectivity index (χ0n) is 14.9. The molecule has 1 aliphatic heterocycles. The van der Waals surface area contributed by atoms with Gasteiger partial charge in [0, 0.05) is 65.2 Å². The Kier molecular flexibility index (Phi) is 3.75. The molecule has 132 valence electrons. The third-order valence-corrected chi connectivity index (χ3v) is 5.28. The van der Waals surface area contributed by atoms with Gasteiger partial charge >= 0.3 is 0 Å². The minimum atomic E-state index is 0.0963. The highest BCUT2D eigenvalue weighted by Crippen LogP contribution is 2.31. The van der Waals surface area contributed by atoms with Gasteiger partial charge in [0.15, 0.2) is 0 Å². The molecule has 2 aromatic heterocycles. The van der Waals surface area contributed by atoms with Crippen LogP contribution in [-0.4, -0.2) is 27.3 Å². The normalized spacial score (nSPS) is 13.6. The van der Waals surface area contributed by atoms with Crippen LogP contribution in [0.1, 0.15) is 21.6 Å². The van der Waals surface area contributed by atoms with Gasteiger partial charge in [0.25, 0.3) is 5.91 Å². The van der Waals surface area contributed by atoms with Crippen molar-refractivity contribution in [2.75, 3.05) is 6.54 Å². The predicted octanol–water partition coefficient (Wildman–Crippen LogP) is 4.43.